The van der Waals surface area contributed by atoms with Gasteiger partial charge in [-0.3, -0.25) is 0 Å². The molecule has 0 aliphatic heterocycles. The molecule has 0 amide bonds. The second-order valence-corrected chi connectivity index (χ2v) is 4.43. The fourth-order valence-electron chi connectivity index (χ4n) is 1.61. The molecular weight excluding hydrogens is 216 g/mol. The Bertz CT molecular complexity index is 304. The topological polar surface area (TPSA) is 78.5 Å². The molecular formula is C13H22N2O2. The van der Waals surface area contributed by atoms with Crippen LogP contribution in [0.1, 0.15) is 12.5 Å². The monoisotopic (exact) mass is 238 g/mol. The summed E-state index contributed by atoms with van der Waals surface area (Å²) in [7, 11) is 0. The molecule has 3 unspecified atom stereocenters. The Kier molecular flexibility index (Phi) is 6.15. The Morgan fingerprint density at radius 2 is 1.82 bits per heavy atom. The van der Waals surface area contributed by atoms with Crippen molar-refractivity contribution in [3.8, 4) is 0 Å². The molecule has 3 atom stereocenters. The molecule has 5 N–H and O–H groups in total. The quantitative estimate of drug-likeness (QED) is 0.534. The van der Waals surface area contributed by atoms with Gasteiger partial charge in [0.2, 0.25) is 0 Å². The summed E-state index contributed by atoms with van der Waals surface area (Å²) in [6, 6.07) is 9.57. The lowest BCUT2D eigenvalue weighted by Gasteiger charge is -2.19. The van der Waals surface area contributed by atoms with E-state index in [1.165, 1.54) is 0 Å². The first-order valence-corrected chi connectivity index (χ1v) is 5.96. The van der Waals surface area contributed by atoms with E-state index in [0.29, 0.717) is 19.5 Å². The lowest BCUT2D eigenvalue weighted by atomic mass is 10.0. The zero-order chi connectivity index (χ0) is 12.7. The predicted molar refractivity (Wildman–Crippen MR) is 68.7 cm³/mol. The number of aliphatic hydroxyl groups excluding tert-OH is 2. The Balaban J connectivity index is 2.29. The third-order valence-corrected chi connectivity index (χ3v) is 2.60. The van der Waals surface area contributed by atoms with Crippen molar-refractivity contribution in [1.29, 1.82) is 0 Å². The van der Waals surface area contributed by atoms with Crippen LogP contribution < -0.4 is 11.1 Å². The molecule has 0 saturated heterocycles. The van der Waals surface area contributed by atoms with E-state index in [2.05, 4.69) is 5.32 Å². The number of benzene rings is 1. The number of nitrogens with two attached hydrogens (primary N) is 1. The Hall–Kier alpha value is -0.940. The molecule has 1 aromatic carbocycles. The average Bonchev–Trinajstić information content (AvgIpc) is 2.29. The molecule has 1 aromatic rings. The van der Waals surface area contributed by atoms with Crippen molar-refractivity contribution in [2.75, 3.05) is 13.1 Å². The first-order valence-electron chi connectivity index (χ1n) is 5.96. The van der Waals surface area contributed by atoms with Gasteiger partial charge in [0.15, 0.2) is 0 Å². The van der Waals surface area contributed by atoms with Crippen LogP contribution in [0.25, 0.3) is 0 Å². The number of rotatable bonds is 7. The molecule has 0 radical (unpaired) electrons. The van der Waals surface area contributed by atoms with E-state index in [1.54, 1.807) is 6.92 Å². The largest absolute Gasteiger partial charge is 0.392 e. The Labute approximate surface area is 102 Å². The van der Waals surface area contributed by atoms with Crippen molar-refractivity contribution in [2.45, 2.75) is 31.6 Å². The van der Waals surface area contributed by atoms with Gasteiger partial charge in [-0.15, -0.1) is 0 Å². The summed E-state index contributed by atoms with van der Waals surface area (Å²) in [5, 5.41) is 21.9. The Morgan fingerprint density at radius 3 is 2.41 bits per heavy atom. The smallest absolute Gasteiger partial charge is 0.0818 e. The molecule has 0 saturated carbocycles. The SMILES string of the molecule is CC(O)CNCC(O)C(N)Cc1ccccc1. The van der Waals surface area contributed by atoms with E-state index < -0.39 is 12.2 Å². The zero-order valence-electron chi connectivity index (χ0n) is 10.2. The second kappa shape index (κ2) is 7.40. The Morgan fingerprint density at radius 1 is 1.18 bits per heavy atom. The molecule has 0 aliphatic carbocycles. The molecule has 0 fully saturated rings. The summed E-state index contributed by atoms with van der Waals surface area (Å²) in [6.07, 6.45) is -0.361. The van der Waals surface area contributed by atoms with E-state index in [0.717, 1.165) is 5.56 Å². The molecule has 0 bridgehead atoms. The summed E-state index contributed by atoms with van der Waals surface area (Å²) in [4.78, 5) is 0. The molecule has 1 rings (SSSR count). The van der Waals surface area contributed by atoms with Crippen molar-refractivity contribution in [3.05, 3.63) is 35.9 Å². The average molecular weight is 238 g/mol. The third kappa shape index (κ3) is 5.79. The van der Waals surface area contributed by atoms with Gasteiger partial charge >= 0.3 is 0 Å². The highest BCUT2D eigenvalue weighted by molar-refractivity contribution is 5.16. The minimum Gasteiger partial charge on any atom is -0.392 e. The maximum atomic E-state index is 9.82. The van der Waals surface area contributed by atoms with Crippen molar-refractivity contribution < 1.29 is 10.2 Å². The number of hydrogen-bond acceptors (Lipinski definition) is 4. The van der Waals surface area contributed by atoms with Gasteiger partial charge in [0.05, 0.1) is 12.2 Å². The number of nitrogens with one attached hydrogen (secondary N) is 1. The second-order valence-electron chi connectivity index (χ2n) is 4.43. The van der Waals surface area contributed by atoms with Crippen LogP contribution in [0.2, 0.25) is 0 Å². The third-order valence-electron chi connectivity index (χ3n) is 2.60. The molecule has 0 aliphatic rings. The highest BCUT2D eigenvalue weighted by atomic mass is 16.3. The lowest BCUT2D eigenvalue weighted by molar-refractivity contribution is 0.131. The van der Waals surface area contributed by atoms with Crippen LogP contribution in [0.3, 0.4) is 0 Å². The zero-order valence-corrected chi connectivity index (χ0v) is 10.2. The first-order chi connectivity index (χ1) is 8.09. The highest BCUT2D eigenvalue weighted by Gasteiger charge is 2.14. The minimum atomic E-state index is -0.603. The predicted octanol–water partition coefficient (Wildman–Crippen LogP) is -0.112. The number of hydrogen-bond donors (Lipinski definition) is 4. The van der Waals surface area contributed by atoms with Gasteiger partial charge in [0.1, 0.15) is 0 Å². The van der Waals surface area contributed by atoms with Gasteiger partial charge in [-0.1, -0.05) is 30.3 Å². The van der Waals surface area contributed by atoms with Crippen molar-refractivity contribution in [2.24, 2.45) is 5.73 Å². The summed E-state index contributed by atoms with van der Waals surface area (Å²) in [6.45, 7) is 2.57. The molecule has 17 heavy (non-hydrogen) atoms. The van der Waals surface area contributed by atoms with Crippen LogP contribution in [0, 0.1) is 0 Å². The highest BCUT2D eigenvalue weighted by Crippen LogP contribution is 2.04. The summed E-state index contributed by atoms with van der Waals surface area (Å²) in [5.41, 5.74) is 7.03. The fraction of sp³-hybridized carbons (Fsp3) is 0.538. The molecule has 0 spiro atoms. The first kappa shape index (κ1) is 14.1. The number of aliphatic hydroxyl groups is 2. The van der Waals surface area contributed by atoms with Gasteiger partial charge in [-0.25, -0.2) is 0 Å². The maximum absolute atomic E-state index is 9.82. The molecule has 4 nitrogen and oxygen atoms in total. The standard InChI is InChI=1S/C13H22N2O2/c1-10(16)8-15-9-13(17)12(14)7-11-5-3-2-4-6-11/h2-6,10,12-13,15-17H,7-9,14H2,1H3. The molecule has 4 heteroatoms. The van der Waals surface area contributed by atoms with E-state index in [4.69, 9.17) is 10.8 Å². The summed E-state index contributed by atoms with van der Waals surface area (Å²) < 4.78 is 0. The van der Waals surface area contributed by atoms with Gasteiger partial charge in [-0.05, 0) is 18.9 Å². The van der Waals surface area contributed by atoms with Crippen LogP contribution in [0.15, 0.2) is 30.3 Å². The van der Waals surface area contributed by atoms with Crippen LogP contribution >= 0.6 is 0 Å². The van der Waals surface area contributed by atoms with Crippen LogP contribution in [-0.4, -0.2) is 41.6 Å². The van der Waals surface area contributed by atoms with Crippen molar-refractivity contribution >= 4 is 0 Å². The van der Waals surface area contributed by atoms with E-state index >= 15 is 0 Å². The molecule has 0 aromatic heterocycles. The van der Waals surface area contributed by atoms with Crippen molar-refractivity contribution in [3.63, 3.8) is 0 Å². The minimum absolute atomic E-state index is 0.293. The molecule has 0 heterocycles. The normalized spacial score (nSPS) is 16.5. The summed E-state index contributed by atoms with van der Waals surface area (Å²) in [5.74, 6) is 0. The van der Waals surface area contributed by atoms with E-state index in [1.807, 2.05) is 30.3 Å². The fourth-order valence-corrected chi connectivity index (χ4v) is 1.61. The van der Waals surface area contributed by atoms with Gasteiger partial charge in [0, 0.05) is 19.1 Å². The molecule has 96 valence electrons. The summed E-state index contributed by atoms with van der Waals surface area (Å²) >= 11 is 0. The van der Waals surface area contributed by atoms with Crippen LogP contribution in [0.5, 0.6) is 0 Å². The van der Waals surface area contributed by atoms with Gasteiger partial charge in [-0.2, -0.15) is 0 Å². The van der Waals surface area contributed by atoms with Crippen LogP contribution in [0.4, 0.5) is 0 Å². The van der Waals surface area contributed by atoms with Crippen molar-refractivity contribution in [1.82, 2.24) is 5.32 Å². The lowest BCUT2D eigenvalue weighted by Crippen LogP contribution is -2.44. The van der Waals surface area contributed by atoms with Gasteiger partial charge in [0.25, 0.3) is 0 Å². The van der Waals surface area contributed by atoms with Crippen LogP contribution in [-0.2, 0) is 6.42 Å². The maximum Gasteiger partial charge on any atom is 0.0818 e. The van der Waals surface area contributed by atoms with E-state index in [-0.39, 0.29) is 6.04 Å². The van der Waals surface area contributed by atoms with Gasteiger partial charge < -0.3 is 21.3 Å². The van der Waals surface area contributed by atoms with E-state index in [9.17, 15) is 5.11 Å².